The van der Waals surface area contributed by atoms with Gasteiger partial charge in [-0.05, 0) is 64.7 Å². The quantitative estimate of drug-likeness (QED) is 0.0889. The van der Waals surface area contributed by atoms with E-state index in [9.17, 15) is 9.59 Å². The topological polar surface area (TPSA) is 52.6 Å². The molecular formula is C34H52O4. The van der Waals surface area contributed by atoms with Gasteiger partial charge in [-0.15, -0.1) is 0 Å². The van der Waals surface area contributed by atoms with Crippen LogP contribution in [0.1, 0.15) is 106 Å². The molecule has 1 aliphatic rings. The second-order valence-electron chi connectivity index (χ2n) is 11.0. The molecule has 3 atom stereocenters. The molecule has 0 aromatic carbocycles. The molecule has 0 aromatic rings. The molecule has 0 saturated heterocycles. The molecule has 0 N–H and O–H groups in total. The SMILES string of the molecule is CCCCC/C=C(C)/C=C/C=C(C)/C=C(C)/C=C/C(=O)OC1CCCC(=O)OC(C(C)C)C/C=C/C[C@@H]1C. The smallest absolute Gasteiger partial charge is 0.331 e. The van der Waals surface area contributed by atoms with E-state index in [4.69, 9.17) is 9.47 Å². The standard InChI is InChI=1S/C34H52O4/c1-8-9-10-11-16-27(4)17-14-18-28(5)25-29(6)23-24-34(36)38-32-21-15-22-33(35)37-31(26(2)3)20-13-12-19-30(32)7/h12-14,16-18,23-26,30-32H,8-11,15,19-22H2,1-7H3/b13-12+,17-14+,24-23+,27-16+,28-18+,29-25+/t30-,31?,32?/m0/s1. The van der Waals surface area contributed by atoms with Crippen LogP contribution < -0.4 is 0 Å². The molecule has 0 spiro atoms. The largest absolute Gasteiger partial charge is 0.462 e. The summed E-state index contributed by atoms with van der Waals surface area (Å²) in [5.74, 6) is -0.0653. The highest BCUT2D eigenvalue weighted by atomic mass is 16.5. The fraction of sp³-hybridized carbons (Fsp3) is 0.588. The van der Waals surface area contributed by atoms with Gasteiger partial charge in [0.1, 0.15) is 12.2 Å². The predicted octanol–water partition coefficient (Wildman–Crippen LogP) is 9.15. The molecule has 1 heterocycles. The summed E-state index contributed by atoms with van der Waals surface area (Å²) in [5, 5.41) is 0. The van der Waals surface area contributed by atoms with Gasteiger partial charge in [-0.2, -0.15) is 0 Å². The Morgan fingerprint density at radius 1 is 1.05 bits per heavy atom. The zero-order valence-electron chi connectivity index (χ0n) is 25.0. The van der Waals surface area contributed by atoms with Gasteiger partial charge < -0.3 is 9.47 Å². The van der Waals surface area contributed by atoms with E-state index >= 15 is 0 Å². The fourth-order valence-electron chi connectivity index (χ4n) is 4.27. The lowest BCUT2D eigenvalue weighted by Gasteiger charge is -2.24. The first-order chi connectivity index (χ1) is 18.1. The van der Waals surface area contributed by atoms with E-state index in [0.29, 0.717) is 25.7 Å². The molecule has 0 bridgehead atoms. The predicted molar refractivity (Wildman–Crippen MR) is 160 cm³/mol. The van der Waals surface area contributed by atoms with Gasteiger partial charge in [-0.25, -0.2) is 4.79 Å². The van der Waals surface area contributed by atoms with Gasteiger partial charge in [0.25, 0.3) is 0 Å². The summed E-state index contributed by atoms with van der Waals surface area (Å²) in [6.45, 7) is 14.6. The maximum atomic E-state index is 12.6. The number of carbonyl (C=O) groups excluding carboxylic acids is 2. The van der Waals surface area contributed by atoms with E-state index < -0.39 is 0 Å². The Hall–Kier alpha value is -2.62. The minimum atomic E-state index is -0.349. The van der Waals surface area contributed by atoms with Gasteiger partial charge >= 0.3 is 11.9 Å². The second-order valence-corrected chi connectivity index (χ2v) is 11.0. The lowest BCUT2D eigenvalue weighted by molar-refractivity contribution is -0.151. The first-order valence-electron chi connectivity index (χ1n) is 14.6. The molecule has 1 aliphatic heterocycles. The Morgan fingerprint density at radius 3 is 2.50 bits per heavy atom. The van der Waals surface area contributed by atoms with Crippen LogP contribution in [0.15, 0.2) is 71.4 Å². The Labute approximate surface area is 232 Å². The zero-order valence-corrected chi connectivity index (χ0v) is 25.0. The van der Waals surface area contributed by atoms with E-state index in [1.165, 1.54) is 30.9 Å². The highest BCUT2D eigenvalue weighted by Gasteiger charge is 2.23. The summed E-state index contributed by atoms with van der Waals surface area (Å²) in [6, 6.07) is 0. The van der Waals surface area contributed by atoms with Crippen molar-refractivity contribution in [3.63, 3.8) is 0 Å². The number of ether oxygens (including phenoxy) is 2. The van der Waals surface area contributed by atoms with Crippen molar-refractivity contribution >= 4 is 11.9 Å². The van der Waals surface area contributed by atoms with Crippen molar-refractivity contribution in [1.29, 1.82) is 0 Å². The lowest BCUT2D eigenvalue weighted by Crippen LogP contribution is -2.26. The molecule has 0 fully saturated rings. The number of cyclic esters (lactones) is 1. The normalized spacial score (nSPS) is 23.8. The monoisotopic (exact) mass is 524 g/mol. The van der Waals surface area contributed by atoms with Crippen LogP contribution in [-0.4, -0.2) is 24.1 Å². The average Bonchev–Trinajstić information content (AvgIpc) is 2.85. The highest BCUT2D eigenvalue weighted by Crippen LogP contribution is 2.22. The van der Waals surface area contributed by atoms with Gasteiger partial charge in [-0.3, -0.25) is 4.79 Å². The number of carbonyl (C=O) groups is 2. The third-order valence-corrected chi connectivity index (χ3v) is 6.77. The van der Waals surface area contributed by atoms with Crippen molar-refractivity contribution < 1.29 is 19.1 Å². The van der Waals surface area contributed by atoms with Gasteiger partial charge in [-0.1, -0.05) is 106 Å². The minimum absolute atomic E-state index is 0.0840. The maximum Gasteiger partial charge on any atom is 0.331 e. The fourth-order valence-corrected chi connectivity index (χ4v) is 4.27. The number of unbranched alkanes of at least 4 members (excludes halogenated alkanes) is 3. The molecule has 0 aromatic heterocycles. The van der Waals surface area contributed by atoms with Gasteiger partial charge in [0, 0.05) is 18.9 Å². The Morgan fingerprint density at radius 2 is 1.79 bits per heavy atom. The Kier molecular flexibility index (Phi) is 17.1. The van der Waals surface area contributed by atoms with Crippen molar-refractivity contribution in [2.45, 2.75) is 118 Å². The third kappa shape index (κ3) is 15.6. The van der Waals surface area contributed by atoms with Gasteiger partial charge in [0.15, 0.2) is 0 Å². The molecule has 4 heteroatoms. The van der Waals surface area contributed by atoms with E-state index in [1.54, 1.807) is 6.08 Å². The molecular weight excluding hydrogens is 472 g/mol. The van der Waals surface area contributed by atoms with Crippen molar-refractivity contribution in [2.75, 3.05) is 0 Å². The molecule has 212 valence electrons. The number of rotatable bonds is 11. The van der Waals surface area contributed by atoms with Crippen LogP contribution in [0.5, 0.6) is 0 Å². The third-order valence-electron chi connectivity index (χ3n) is 6.77. The van der Waals surface area contributed by atoms with E-state index in [0.717, 1.165) is 24.0 Å². The minimum Gasteiger partial charge on any atom is -0.462 e. The lowest BCUT2D eigenvalue weighted by atomic mass is 9.94. The summed E-state index contributed by atoms with van der Waals surface area (Å²) in [6.07, 6.45) is 25.9. The Bertz CT molecular complexity index is 897. The average molecular weight is 525 g/mol. The molecule has 2 unspecified atom stereocenters. The van der Waals surface area contributed by atoms with E-state index in [-0.39, 0.29) is 36.0 Å². The highest BCUT2D eigenvalue weighted by molar-refractivity contribution is 5.82. The van der Waals surface area contributed by atoms with E-state index in [2.05, 4.69) is 78.0 Å². The number of hydrogen-bond donors (Lipinski definition) is 0. The summed E-state index contributed by atoms with van der Waals surface area (Å²) >= 11 is 0. The van der Waals surface area contributed by atoms with Crippen LogP contribution in [0.2, 0.25) is 0 Å². The van der Waals surface area contributed by atoms with E-state index in [1.807, 2.05) is 13.0 Å². The molecule has 0 radical (unpaired) electrons. The first kappa shape index (κ1) is 33.4. The van der Waals surface area contributed by atoms with Crippen molar-refractivity contribution in [1.82, 2.24) is 0 Å². The van der Waals surface area contributed by atoms with Crippen molar-refractivity contribution in [3.8, 4) is 0 Å². The number of esters is 2. The summed E-state index contributed by atoms with van der Waals surface area (Å²) in [4.78, 5) is 24.9. The molecule has 4 nitrogen and oxygen atoms in total. The van der Waals surface area contributed by atoms with Crippen molar-refractivity contribution in [3.05, 3.63) is 71.4 Å². The first-order valence-corrected chi connectivity index (χ1v) is 14.6. The van der Waals surface area contributed by atoms with Gasteiger partial charge in [0.05, 0.1) is 0 Å². The number of allylic oxidation sites excluding steroid dienone is 10. The maximum absolute atomic E-state index is 12.6. The summed E-state index contributed by atoms with van der Waals surface area (Å²) in [7, 11) is 0. The molecule has 0 saturated carbocycles. The van der Waals surface area contributed by atoms with Crippen molar-refractivity contribution in [2.24, 2.45) is 11.8 Å². The van der Waals surface area contributed by atoms with Crippen LogP contribution in [-0.2, 0) is 19.1 Å². The molecule has 38 heavy (non-hydrogen) atoms. The molecule has 0 amide bonds. The van der Waals surface area contributed by atoms with Crippen LogP contribution >= 0.6 is 0 Å². The van der Waals surface area contributed by atoms with Crippen LogP contribution in [0.3, 0.4) is 0 Å². The summed E-state index contributed by atoms with van der Waals surface area (Å²) < 4.78 is 11.5. The Balaban J connectivity index is 2.69. The molecule has 0 aliphatic carbocycles. The van der Waals surface area contributed by atoms with Gasteiger partial charge in [0.2, 0.25) is 0 Å². The van der Waals surface area contributed by atoms with Crippen LogP contribution in [0.4, 0.5) is 0 Å². The summed E-state index contributed by atoms with van der Waals surface area (Å²) in [5.41, 5.74) is 3.37. The molecule has 1 rings (SSSR count). The number of hydrogen-bond acceptors (Lipinski definition) is 4. The van der Waals surface area contributed by atoms with Crippen LogP contribution in [0.25, 0.3) is 0 Å². The zero-order chi connectivity index (χ0) is 28.3. The second kappa shape index (κ2) is 19.4. The van der Waals surface area contributed by atoms with Crippen LogP contribution in [0, 0.1) is 11.8 Å².